The van der Waals surface area contributed by atoms with Crippen molar-refractivity contribution < 1.29 is 0 Å². The molecule has 0 spiro atoms. The zero-order chi connectivity index (χ0) is 10.9. The molecule has 1 aliphatic carbocycles. The standard InChI is InChI=1S/C14H17N/c1-11-7-12(2)9-13(8-11)14(10-15)5-3-4-6-14/h7-9H,3-6H2,1-2H3. The molecule has 0 radical (unpaired) electrons. The molecule has 0 unspecified atom stereocenters. The number of benzene rings is 1. The highest BCUT2D eigenvalue weighted by Gasteiger charge is 2.35. The van der Waals surface area contributed by atoms with E-state index in [0.717, 1.165) is 12.8 Å². The van der Waals surface area contributed by atoms with Gasteiger partial charge in [0.15, 0.2) is 0 Å². The van der Waals surface area contributed by atoms with Gasteiger partial charge < -0.3 is 0 Å². The summed E-state index contributed by atoms with van der Waals surface area (Å²) >= 11 is 0. The van der Waals surface area contributed by atoms with E-state index in [1.54, 1.807) is 0 Å². The number of nitriles is 1. The highest BCUT2D eigenvalue weighted by molar-refractivity contribution is 5.39. The second kappa shape index (κ2) is 3.70. The monoisotopic (exact) mass is 199 g/mol. The third-order valence-electron chi connectivity index (χ3n) is 3.45. The van der Waals surface area contributed by atoms with Crippen LogP contribution >= 0.6 is 0 Å². The summed E-state index contributed by atoms with van der Waals surface area (Å²) in [5, 5.41) is 9.40. The lowest BCUT2D eigenvalue weighted by Crippen LogP contribution is -2.19. The molecule has 2 rings (SSSR count). The fraction of sp³-hybridized carbons (Fsp3) is 0.500. The van der Waals surface area contributed by atoms with E-state index < -0.39 is 0 Å². The lowest BCUT2D eigenvalue weighted by molar-refractivity contribution is 0.572. The molecule has 1 fully saturated rings. The van der Waals surface area contributed by atoms with E-state index in [1.807, 2.05) is 0 Å². The Morgan fingerprint density at radius 3 is 2.07 bits per heavy atom. The first-order chi connectivity index (χ1) is 7.16. The summed E-state index contributed by atoms with van der Waals surface area (Å²) in [4.78, 5) is 0. The van der Waals surface area contributed by atoms with Crippen molar-refractivity contribution in [3.05, 3.63) is 34.9 Å². The van der Waals surface area contributed by atoms with E-state index in [9.17, 15) is 5.26 Å². The van der Waals surface area contributed by atoms with Gasteiger partial charge in [-0.25, -0.2) is 0 Å². The molecule has 1 aliphatic rings. The number of nitrogens with zero attached hydrogens (tertiary/aromatic N) is 1. The Kier molecular flexibility index (Phi) is 2.52. The van der Waals surface area contributed by atoms with E-state index in [1.165, 1.54) is 29.5 Å². The average molecular weight is 199 g/mol. The molecule has 1 aromatic carbocycles. The molecule has 1 heteroatoms. The smallest absolute Gasteiger partial charge is 0.0822 e. The number of aryl methyl sites for hydroxylation is 2. The van der Waals surface area contributed by atoms with Gasteiger partial charge in [-0.05, 0) is 32.3 Å². The molecule has 1 nitrogen and oxygen atoms in total. The van der Waals surface area contributed by atoms with Gasteiger partial charge in [-0.1, -0.05) is 42.2 Å². The summed E-state index contributed by atoms with van der Waals surface area (Å²) in [6, 6.07) is 9.08. The van der Waals surface area contributed by atoms with Crippen LogP contribution in [0.25, 0.3) is 0 Å². The van der Waals surface area contributed by atoms with Crippen molar-refractivity contribution in [1.29, 1.82) is 5.26 Å². The molecule has 0 N–H and O–H groups in total. The Labute approximate surface area is 91.7 Å². The largest absolute Gasteiger partial charge is 0.197 e. The SMILES string of the molecule is Cc1cc(C)cc(C2(C#N)CCCC2)c1. The normalized spacial score (nSPS) is 18.7. The zero-order valence-corrected chi connectivity index (χ0v) is 9.51. The minimum absolute atomic E-state index is 0.184. The number of hydrogen-bond acceptors (Lipinski definition) is 1. The Morgan fingerprint density at radius 1 is 1.07 bits per heavy atom. The molecular weight excluding hydrogens is 182 g/mol. The molecule has 0 heterocycles. The van der Waals surface area contributed by atoms with Crippen LogP contribution in [0, 0.1) is 25.2 Å². The summed E-state index contributed by atoms with van der Waals surface area (Å²) in [6.07, 6.45) is 4.46. The first-order valence-corrected chi connectivity index (χ1v) is 5.66. The molecule has 1 aromatic rings. The van der Waals surface area contributed by atoms with Gasteiger partial charge in [0.25, 0.3) is 0 Å². The predicted octanol–water partition coefficient (Wildman–Crippen LogP) is 3.64. The quantitative estimate of drug-likeness (QED) is 0.677. The van der Waals surface area contributed by atoms with Gasteiger partial charge >= 0.3 is 0 Å². The van der Waals surface area contributed by atoms with Crippen molar-refractivity contribution in [3.8, 4) is 6.07 Å². The van der Waals surface area contributed by atoms with Crippen molar-refractivity contribution in [2.45, 2.75) is 44.9 Å². The van der Waals surface area contributed by atoms with Crippen molar-refractivity contribution in [2.24, 2.45) is 0 Å². The van der Waals surface area contributed by atoms with Crippen LogP contribution < -0.4 is 0 Å². The molecule has 0 saturated heterocycles. The van der Waals surface area contributed by atoms with Crippen molar-refractivity contribution in [1.82, 2.24) is 0 Å². The van der Waals surface area contributed by atoms with Crippen molar-refractivity contribution in [3.63, 3.8) is 0 Å². The fourth-order valence-corrected chi connectivity index (χ4v) is 2.69. The molecule has 0 aliphatic heterocycles. The second-order valence-electron chi connectivity index (χ2n) is 4.78. The van der Waals surface area contributed by atoms with Crippen LogP contribution in [-0.4, -0.2) is 0 Å². The van der Waals surface area contributed by atoms with Gasteiger partial charge in [0.05, 0.1) is 11.5 Å². The Bertz CT molecular complexity index is 386. The summed E-state index contributed by atoms with van der Waals surface area (Å²) < 4.78 is 0. The molecule has 0 amide bonds. The van der Waals surface area contributed by atoms with Crippen LogP contribution in [0.5, 0.6) is 0 Å². The highest BCUT2D eigenvalue weighted by Crippen LogP contribution is 2.40. The summed E-state index contributed by atoms with van der Waals surface area (Å²) in [6.45, 7) is 4.22. The molecular formula is C14H17N. The van der Waals surface area contributed by atoms with Gasteiger partial charge in [-0.3, -0.25) is 0 Å². The maximum Gasteiger partial charge on any atom is 0.0822 e. The minimum Gasteiger partial charge on any atom is -0.197 e. The predicted molar refractivity (Wildman–Crippen MR) is 61.7 cm³/mol. The van der Waals surface area contributed by atoms with E-state index in [-0.39, 0.29) is 5.41 Å². The highest BCUT2D eigenvalue weighted by atomic mass is 14.4. The van der Waals surface area contributed by atoms with Crippen LogP contribution in [0.3, 0.4) is 0 Å². The summed E-state index contributed by atoms with van der Waals surface area (Å²) in [5.74, 6) is 0. The lowest BCUT2D eigenvalue weighted by Gasteiger charge is -2.21. The van der Waals surface area contributed by atoms with E-state index in [0.29, 0.717) is 0 Å². The molecule has 0 bridgehead atoms. The van der Waals surface area contributed by atoms with Crippen LogP contribution in [0.4, 0.5) is 0 Å². The third kappa shape index (κ3) is 1.77. The van der Waals surface area contributed by atoms with E-state index >= 15 is 0 Å². The van der Waals surface area contributed by atoms with E-state index in [4.69, 9.17) is 0 Å². The Hall–Kier alpha value is -1.29. The summed E-state index contributed by atoms with van der Waals surface area (Å²) in [5.41, 5.74) is 3.59. The van der Waals surface area contributed by atoms with Crippen LogP contribution in [-0.2, 0) is 5.41 Å². The van der Waals surface area contributed by atoms with Gasteiger partial charge in [-0.2, -0.15) is 5.26 Å². The second-order valence-corrected chi connectivity index (χ2v) is 4.78. The van der Waals surface area contributed by atoms with Crippen molar-refractivity contribution >= 4 is 0 Å². The molecule has 0 aromatic heterocycles. The van der Waals surface area contributed by atoms with E-state index in [2.05, 4.69) is 38.1 Å². The Balaban J connectivity index is 2.48. The van der Waals surface area contributed by atoms with Gasteiger partial charge in [0.2, 0.25) is 0 Å². The van der Waals surface area contributed by atoms with Gasteiger partial charge in [0.1, 0.15) is 0 Å². The van der Waals surface area contributed by atoms with Gasteiger partial charge in [-0.15, -0.1) is 0 Å². The number of rotatable bonds is 1. The fourth-order valence-electron chi connectivity index (χ4n) is 2.69. The topological polar surface area (TPSA) is 23.8 Å². The lowest BCUT2D eigenvalue weighted by atomic mass is 9.79. The maximum atomic E-state index is 9.40. The molecule has 78 valence electrons. The number of hydrogen-bond donors (Lipinski definition) is 0. The summed E-state index contributed by atoms with van der Waals surface area (Å²) in [7, 11) is 0. The third-order valence-corrected chi connectivity index (χ3v) is 3.45. The minimum atomic E-state index is -0.184. The molecule has 0 atom stereocenters. The Morgan fingerprint density at radius 2 is 1.60 bits per heavy atom. The molecule has 1 saturated carbocycles. The first kappa shape index (κ1) is 10.2. The molecule has 15 heavy (non-hydrogen) atoms. The zero-order valence-electron chi connectivity index (χ0n) is 9.51. The van der Waals surface area contributed by atoms with Crippen LogP contribution in [0.2, 0.25) is 0 Å². The average Bonchev–Trinajstić information content (AvgIpc) is 2.65. The van der Waals surface area contributed by atoms with Gasteiger partial charge in [0, 0.05) is 0 Å². The van der Waals surface area contributed by atoms with Crippen molar-refractivity contribution in [2.75, 3.05) is 0 Å². The first-order valence-electron chi connectivity index (χ1n) is 5.66. The van der Waals surface area contributed by atoms with Crippen LogP contribution in [0.1, 0.15) is 42.4 Å². The maximum absolute atomic E-state index is 9.40. The van der Waals surface area contributed by atoms with Crippen LogP contribution in [0.15, 0.2) is 18.2 Å².